The second-order valence-electron chi connectivity index (χ2n) is 4.45. The predicted molar refractivity (Wildman–Crippen MR) is 62.3 cm³/mol. The third kappa shape index (κ3) is 2.89. The van der Waals surface area contributed by atoms with Crippen molar-refractivity contribution in [1.82, 2.24) is 4.90 Å². The molecule has 1 aromatic carbocycles. The zero-order chi connectivity index (χ0) is 14.0. The van der Waals surface area contributed by atoms with Crippen molar-refractivity contribution >= 4 is 5.97 Å². The van der Waals surface area contributed by atoms with E-state index >= 15 is 0 Å². The number of hydrogen-bond donors (Lipinski definition) is 0. The molecule has 1 aliphatic heterocycles. The van der Waals surface area contributed by atoms with Crippen LogP contribution in [-0.2, 0) is 22.3 Å². The van der Waals surface area contributed by atoms with E-state index in [9.17, 15) is 18.0 Å². The van der Waals surface area contributed by atoms with Crippen molar-refractivity contribution in [2.24, 2.45) is 0 Å². The van der Waals surface area contributed by atoms with E-state index in [2.05, 4.69) is 4.74 Å². The van der Waals surface area contributed by atoms with Gasteiger partial charge in [-0.1, -0.05) is 18.2 Å². The topological polar surface area (TPSA) is 29.5 Å². The summed E-state index contributed by atoms with van der Waals surface area (Å²) in [7, 11) is 1.28. The van der Waals surface area contributed by atoms with Gasteiger partial charge in [0.2, 0.25) is 0 Å². The highest BCUT2D eigenvalue weighted by Gasteiger charge is 2.38. The molecule has 0 amide bonds. The normalized spacial score (nSPS) is 19.9. The zero-order valence-electron chi connectivity index (χ0n) is 10.4. The first-order valence-corrected chi connectivity index (χ1v) is 5.90. The van der Waals surface area contributed by atoms with Gasteiger partial charge in [0.05, 0.1) is 12.7 Å². The molecule has 1 unspecified atom stereocenters. The lowest BCUT2D eigenvalue weighted by Gasteiger charge is -2.39. The van der Waals surface area contributed by atoms with Gasteiger partial charge < -0.3 is 4.74 Å². The summed E-state index contributed by atoms with van der Waals surface area (Å²) in [5.74, 6) is -0.393. The number of benzene rings is 1. The number of rotatable bonds is 3. The molecule has 0 aliphatic carbocycles. The maximum Gasteiger partial charge on any atom is 0.416 e. The summed E-state index contributed by atoms with van der Waals surface area (Å²) < 4.78 is 43.1. The van der Waals surface area contributed by atoms with Crippen molar-refractivity contribution < 1.29 is 22.7 Å². The number of alkyl halides is 3. The van der Waals surface area contributed by atoms with Gasteiger partial charge in [0.1, 0.15) is 6.04 Å². The molecule has 6 heteroatoms. The molecular weight excluding hydrogens is 259 g/mol. The van der Waals surface area contributed by atoms with Crippen molar-refractivity contribution in [2.45, 2.75) is 25.2 Å². The number of esters is 1. The van der Waals surface area contributed by atoms with Crippen LogP contribution in [0.25, 0.3) is 0 Å². The Labute approximate surface area is 109 Å². The first-order valence-electron chi connectivity index (χ1n) is 5.90. The second kappa shape index (κ2) is 5.21. The van der Waals surface area contributed by atoms with Crippen molar-refractivity contribution in [3.05, 3.63) is 35.4 Å². The lowest BCUT2D eigenvalue weighted by atomic mass is 9.99. The number of nitrogens with zero attached hydrogens (tertiary/aromatic N) is 1. The Hall–Kier alpha value is -1.56. The monoisotopic (exact) mass is 273 g/mol. The van der Waals surface area contributed by atoms with Crippen LogP contribution in [0.15, 0.2) is 24.3 Å². The fraction of sp³-hybridized carbons (Fsp3) is 0.462. The van der Waals surface area contributed by atoms with Gasteiger partial charge in [-0.25, -0.2) is 0 Å². The predicted octanol–water partition coefficient (Wildman–Crippen LogP) is 2.45. The maximum atomic E-state index is 12.8. The molecule has 0 radical (unpaired) electrons. The third-order valence-electron chi connectivity index (χ3n) is 3.30. The van der Waals surface area contributed by atoms with Crippen molar-refractivity contribution in [1.29, 1.82) is 0 Å². The number of hydrogen-bond acceptors (Lipinski definition) is 3. The SMILES string of the molecule is COC(=O)C1CCN1Cc1ccccc1C(F)(F)F. The summed E-state index contributed by atoms with van der Waals surface area (Å²) in [6.45, 7) is 0.710. The van der Waals surface area contributed by atoms with Gasteiger partial charge in [-0.3, -0.25) is 9.69 Å². The molecule has 0 aromatic heterocycles. The highest BCUT2D eigenvalue weighted by molar-refractivity contribution is 5.76. The van der Waals surface area contributed by atoms with Crippen LogP contribution in [0, 0.1) is 0 Å². The number of carbonyl (C=O) groups is 1. The van der Waals surface area contributed by atoms with Gasteiger partial charge in [0.15, 0.2) is 0 Å². The molecule has 1 fully saturated rings. The van der Waals surface area contributed by atoms with E-state index in [4.69, 9.17) is 0 Å². The summed E-state index contributed by atoms with van der Waals surface area (Å²) in [6, 6.07) is 5.00. The Balaban J connectivity index is 2.14. The van der Waals surface area contributed by atoms with Gasteiger partial charge in [-0.05, 0) is 18.1 Å². The highest BCUT2D eigenvalue weighted by atomic mass is 19.4. The minimum absolute atomic E-state index is 0.107. The molecule has 0 bridgehead atoms. The average Bonchev–Trinajstić information content (AvgIpc) is 2.33. The summed E-state index contributed by atoms with van der Waals surface area (Å²) in [5.41, 5.74) is -0.464. The van der Waals surface area contributed by atoms with Crippen molar-refractivity contribution in [2.75, 3.05) is 13.7 Å². The largest absolute Gasteiger partial charge is 0.468 e. The number of ether oxygens (including phenoxy) is 1. The summed E-state index contributed by atoms with van der Waals surface area (Å²) in [4.78, 5) is 13.1. The Bertz CT molecular complexity index is 473. The number of halogens is 3. The van der Waals surface area contributed by atoms with Crippen LogP contribution in [-0.4, -0.2) is 30.6 Å². The standard InChI is InChI=1S/C13H14F3NO2/c1-19-12(18)11-6-7-17(11)8-9-4-2-3-5-10(9)13(14,15)16/h2-5,11H,6-8H2,1H3. The van der Waals surface area contributed by atoms with Gasteiger partial charge in [0, 0.05) is 13.1 Å². The van der Waals surface area contributed by atoms with E-state index in [-0.39, 0.29) is 12.1 Å². The van der Waals surface area contributed by atoms with E-state index < -0.39 is 23.8 Å². The molecule has 0 saturated carbocycles. The smallest absolute Gasteiger partial charge is 0.416 e. The first-order chi connectivity index (χ1) is 8.93. The van der Waals surface area contributed by atoms with Crippen molar-refractivity contribution in [3.8, 4) is 0 Å². The van der Waals surface area contributed by atoms with E-state index in [0.29, 0.717) is 13.0 Å². The molecule has 1 atom stereocenters. The number of methoxy groups -OCH3 is 1. The third-order valence-corrected chi connectivity index (χ3v) is 3.30. The van der Waals surface area contributed by atoms with Crippen LogP contribution in [0.2, 0.25) is 0 Å². The summed E-state index contributed by atoms with van der Waals surface area (Å²) >= 11 is 0. The van der Waals surface area contributed by atoms with Gasteiger partial charge in [-0.15, -0.1) is 0 Å². The van der Waals surface area contributed by atoms with E-state index in [1.54, 1.807) is 11.0 Å². The Morgan fingerprint density at radius 1 is 1.42 bits per heavy atom. The average molecular weight is 273 g/mol. The van der Waals surface area contributed by atoms with Crippen LogP contribution in [0.5, 0.6) is 0 Å². The fourth-order valence-corrected chi connectivity index (χ4v) is 2.19. The molecule has 1 aliphatic rings. The molecule has 1 heterocycles. The molecule has 0 spiro atoms. The quantitative estimate of drug-likeness (QED) is 0.792. The lowest BCUT2D eigenvalue weighted by molar-refractivity contribution is -0.152. The first kappa shape index (κ1) is 13.9. The minimum atomic E-state index is -4.37. The Morgan fingerprint density at radius 2 is 2.11 bits per heavy atom. The second-order valence-corrected chi connectivity index (χ2v) is 4.45. The van der Waals surface area contributed by atoms with Gasteiger partial charge >= 0.3 is 12.1 Å². The van der Waals surface area contributed by atoms with Gasteiger partial charge in [-0.2, -0.15) is 13.2 Å². The molecule has 104 valence electrons. The lowest BCUT2D eigenvalue weighted by Crippen LogP contribution is -2.52. The molecular formula is C13H14F3NO2. The van der Waals surface area contributed by atoms with Crippen LogP contribution in [0.1, 0.15) is 17.5 Å². The van der Waals surface area contributed by atoms with Crippen LogP contribution in [0.4, 0.5) is 13.2 Å². The summed E-state index contributed by atoms with van der Waals surface area (Å²) in [5, 5.41) is 0. The highest BCUT2D eigenvalue weighted by Crippen LogP contribution is 2.33. The van der Waals surface area contributed by atoms with Crippen LogP contribution < -0.4 is 0 Å². The molecule has 0 N–H and O–H groups in total. The van der Waals surface area contributed by atoms with Gasteiger partial charge in [0.25, 0.3) is 0 Å². The number of likely N-dealkylation sites (tertiary alicyclic amines) is 1. The van der Waals surface area contributed by atoms with Crippen LogP contribution >= 0.6 is 0 Å². The molecule has 3 nitrogen and oxygen atoms in total. The van der Waals surface area contributed by atoms with E-state index in [1.165, 1.54) is 19.2 Å². The molecule has 1 aromatic rings. The number of carbonyl (C=O) groups excluding carboxylic acids is 1. The Kier molecular flexibility index (Phi) is 3.80. The van der Waals surface area contributed by atoms with E-state index in [0.717, 1.165) is 6.07 Å². The molecule has 1 saturated heterocycles. The molecule has 19 heavy (non-hydrogen) atoms. The zero-order valence-corrected chi connectivity index (χ0v) is 10.4. The maximum absolute atomic E-state index is 12.8. The van der Waals surface area contributed by atoms with E-state index in [1.807, 2.05) is 0 Å². The molecule has 2 rings (SSSR count). The van der Waals surface area contributed by atoms with Crippen molar-refractivity contribution in [3.63, 3.8) is 0 Å². The minimum Gasteiger partial charge on any atom is -0.468 e. The Morgan fingerprint density at radius 3 is 2.63 bits per heavy atom. The fourth-order valence-electron chi connectivity index (χ4n) is 2.19. The summed E-state index contributed by atoms with van der Waals surface area (Å²) in [6.07, 6.45) is -3.75. The van der Waals surface area contributed by atoms with Crippen LogP contribution in [0.3, 0.4) is 0 Å².